The first-order valence-electron chi connectivity index (χ1n) is 48.3. The average molecular weight is 1780 g/mol. The molecule has 708 valence electrons. The zero-order chi connectivity index (χ0) is 93.3. The van der Waals surface area contributed by atoms with Gasteiger partial charge in [0.05, 0.1) is 36.4 Å². The molecule has 12 bridgehead atoms. The number of ketones is 3. The normalized spacial score (nSPS) is 31.1. The highest BCUT2D eigenvalue weighted by Crippen LogP contribution is 2.38. The molecule has 27 heteroatoms. The van der Waals surface area contributed by atoms with Gasteiger partial charge in [-0.1, -0.05) is 153 Å². The number of benzene rings is 3. The minimum absolute atomic E-state index is 0.0140. The van der Waals surface area contributed by atoms with E-state index in [4.69, 9.17) is 14.2 Å². The Hall–Kier alpha value is -9.12. The van der Waals surface area contributed by atoms with Gasteiger partial charge in [0.2, 0.25) is 35.4 Å². The first-order valence-corrected chi connectivity index (χ1v) is 48.3. The molecule has 1 unspecified atom stereocenters. The summed E-state index contributed by atoms with van der Waals surface area (Å²) in [5.74, 6) is -4.84. The third kappa shape index (κ3) is 27.5. The molecule has 0 radical (unpaired) electrons. The van der Waals surface area contributed by atoms with Gasteiger partial charge in [0, 0.05) is 115 Å². The van der Waals surface area contributed by atoms with Crippen molar-refractivity contribution >= 4 is 88.7 Å². The van der Waals surface area contributed by atoms with Crippen LogP contribution in [0.3, 0.4) is 0 Å². The van der Waals surface area contributed by atoms with E-state index < -0.39 is 54.0 Å². The Labute approximate surface area is 766 Å². The average Bonchev–Trinajstić information content (AvgIpc) is 0.804. The molecule has 0 aliphatic carbocycles. The summed E-state index contributed by atoms with van der Waals surface area (Å²) in [6.45, 7) is 25.6. The molecular formula is C102H150N12O15. The van der Waals surface area contributed by atoms with Crippen molar-refractivity contribution in [2.75, 3.05) is 60.6 Å². The molecule has 27 nitrogen and oxygen atoms in total. The number of nitrogens with one attached hydrogen (secondary N) is 6. The lowest BCUT2D eigenvalue weighted by molar-refractivity contribution is -0.148. The Balaban J connectivity index is 0.000000201. The summed E-state index contributed by atoms with van der Waals surface area (Å²) in [6.07, 6.45) is 29.1. The van der Waals surface area contributed by atoms with Gasteiger partial charge in [-0.25, -0.2) is 16.3 Å². The molecule has 0 aromatic heterocycles. The number of rotatable bonds is 6. The van der Waals surface area contributed by atoms with Crippen LogP contribution in [0.1, 0.15) is 289 Å². The van der Waals surface area contributed by atoms with E-state index >= 15 is 0 Å². The number of hydrogen-bond acceptors (Lipinski definition) is 18. The fraction of sp³-hybridized carbons (Fsp3) is 0.647. The summed E-state index contributed by atoms with van der Waals surface area (Å²) in [6, 6.07) is 21.2. The quantitative estimate of drug-likeness (QED) is 0.134. The van der Waals surface area contributed by atoms with Crippen LogP contribution in [0.2, 0.25) is 0 Å². The summed E-state index contributed by atoms with van der Waals surface area (Å²) in [7, 11) is 4.88. The SMILES string of the molecule is CO[C@@H]1CC/C=C/c2cccc(c2)C2CCCCN2C(=O)[C@@H]2CCCN(N2)C(=O)[C@H](C)NC(=O)[C@H](C(C)C)CC(=O)[C@@H]1C.CO[C@@H]1CC/C=C/c2cccc(c2)[C@@H]2CCCCN2C(=O)[C@@H]2CCCN(N2)C(=O)[C@H](C)NC(=O)[C@H](C(C)C)CC(=O)[C@@H]1C.CO[C@@H]1CC/C=C/c2cccc(c2)[C@H]2CCCCN2C(=O)[C@@H]2CCCN(N2)C(=O)[C@H](C)NC(=O)[C@H](C(C)C)CC(=O)[C@@H]1C. The van der Waals surface area contributed by atoms with Crippen molar-refractivity contribution in [2.45, 2.75) is 310 Å². The highest BCUT2D eigenvalue weighted by atomic mass is 16.5. The zero-order valence-corrected chi connectivity index (χ0v) is 79.5. The fourth-order valence-corrected chi connectivity index (χ4v) is 19.9. The Kier molecular flexibility index (Phi) is 39.1. The van der Waals surface area contributed by atoms with Crippen molar-refractivity contribution < 1.29 is 71.7 Å². The number of allylic oxidation sites excluding steroid dienone is 3. The third-order valence-electron chi connectivity index (χ3n) is 28.3. The van der Waals surface area contributed by atoms with Gasteiger partial charge in [0.15, 0.2) is 0 Å². The van der Waals surface area contributed by atoms with Gasteiger partial charge in [0.1, 0.15) is 53.6 Å². The summed E-state index contributed by atoms with van der Waals surface area (Å²) < 4.78 is 17.2. The molecule has 9 aliphatic rings. The molecule has 0 saturated carbocycles. The predicted octanol–water partition coefficient (Wildman–Crippen LogP) is 13.3. The molecule has 129 heavy (non-hydrogen) atoms. The van der Waals surface area contributed by atoms with Crippen molar-refractivity contribution in [3.8, 4) is 0 Å². The van der Waals surface area contributed by atoms with Crippen LogP contribution in [-0.2, 0) is 71.7 Å². The van der Waals surface area contributed by atoms with Gasteiger partial charge in [-0.3, -0.25) is 72.6 Å². The molecule has 9 aliphatic heterocycles. The van der Waals surface area contributed by atoms with Gasteiger partial charge in [-0.05, 0) is 225 Å². The first-order chi connectivity index (χ1) is 61.8. The van der Waals surface area contributed by atoms with Crippen molar-refractivity contribution in [3.05, 3.63) is 124 Å². The number of fused-ring (bicyclic) bond motifs is 18. The Morgan fingerprint density at radius 1 is 0.318 bits per heavy atom. The number of carbonyl (C=O) groups is 12. The molecule has 6 N–H and O–H groups in total. The van der Waals surface area contributed by atoms with Crippen molar-refractivity contribution in [2.24, 2.45) is 53.3 Å². The second kappa shape index (κ2) is 49.4. The molecule has 18 atom stereocenters. The minimum Gasteiger partial charge on any atom is -0.381 e. The van der Waals surface area contributed by atoms with Crippen LogP contribution in [0.5, 0.6) is 0 Å². The molecular weight excluding hydrogens is 1630 g/mol. The monoisotopic (exact) mass is 1780 g/mol. The van der Waals surface area contributed by atoms with E-state index in [1.165, 1.54) is 15.0 Å². The van der Waals surface area contributed by atoms with Crippen LogP contribution in [0.15, 0.2) is 91.0 Å². The largest absolute Gasteiger partial charge is 0.381 e. The minimum atomic E-state index is -0.801. The van der Waals surface area contributed by atoms with Gasteiger partial charge in [0.25, 0.3) is 17.7 Å². The van der Waals surface area contributed by atoms with Gasteiger partial charge >= 0.3 is 0 Å². The maximum absolute atomic E-state index is 13.9. The predicted molar refractivity (Wildman–Crippen MR) is 499 cm³/mol. The number of hydrazine groups is 3. The van der Waals surface area contributed by atoms with Crippen LogP contribution in [0.4, 0.5) is 0 Å². The number of hydrogen-bond donors (Lipinski definition) is 6. The number of piperidine rings is 3. The molecule has 9 amide bonds. The summed E-state index contributed by atoms with van der Waals surface area (Å²) >= 11 is 0. The number of Topliss-reactive ketones (excluding diaryl/α,β-unsaturated/α-hetero) is 3. The number of nitrogens with zero attached hydrogens (tertiary/aromatic N) is 6. The van der Waals surface area contributed by atoms with E-state index in [0.29, 0.717) is 97.1 Å². The number of carbonyl (C=O) groups excluding carboxylic acids is 12. The third-order valence-corrected chi connectivity index (χ3v) is 28.3. The van der Waals surface area contributed by atoms with E-state index in [9.17, 15) is 57.5 Å². The summed E-state index contributed by atoms with van der Waals surface area (Å²) in [5.41, 5.74) is 16.2. The van der Waals surface area contributed by atoms with Crippen molar-refractivity contribution in [1.82, 2.24) is 62.0 Å². The Bertz CT molecular complexity index is 3980. The van der Waals surface area contributed by atoms with Crippen LogP contribution in [0, 0.1) is 53.3 Å². The molecule has 3 aromatic carbocycles. The Morgan fingerprint density at radius 3 is 0.829 bits per heavy atom. The highest BCUT2D eigenvalue weighted by molar-refractivity contribution is 5.95. The second-order valence-corrected chi connectivity index (χ2v) is 38.5. The lowest BCUT2D eigenvalue weighted by atomic mass is 9.84. The highest BCUT2D eigenvalue weighted by Gasteiger charge is 2.44. The molecule has 12 rings (SSSR count). The molecule has 3 aromatic rings. The fourth-order valence-electron chi connectivity index (χ4n) is 19.9. The van der Waals surface area contributed by atoms with Crippen LogP contribution >= 0.6 is 0 Å². The maximum Gasteiger partial charge on any atom is 0.258 e. The van der Waals surface area contributed by atoms with E-state index in [1.54, 1.807) is 42.1 Å². The topological polar surface area (TPSA) is 324 Å². The van der Waals surface area contributed by atoms with Crippen LogP contribution in [0.25, 0.3) is 18.2 Å². The maximum atomic E-state index is 13.9. The number of ether oxygens (including phenoxy) is 3. The van der Waals surface area contributed by atoms with Crippen molar-refractivity contribution in [1.29, 1.82) is 0 Å². The molecule has 9 heterocycles. The van der Waals surface area contributed by atoms with Crippen LogP contribution < -0.4 is 32.2 Å². The van der Waals surface area contributed by atoms with Gasteiger partial charge in [-0.2, -0.15) is 0 Å². The lowest BCUT2D eigenvalue weighted by Crippen LogP contribution is -2.61. The summed E-state index contributed by atoms with van der Waals surface area (Å²) in [5, 5.41) is 13.1. The first kappa shape index (κ1) is 102. The molecule has 6 saturated heterocycles. The molecule has 6 fully saturated rings. The van der Waals surface area contributed by atoms with Crippen LogP contribution in [-0.4, -0.2) is 215 Å². The van der Waals surface area contributed by atoms with E-state index in [-0.39, 0.29) is 162 Å². The smallest absolute Gasteiger partial charge is 0.258 e. The standard InChI is InChI=1S/3C34H50N4O5/c3*1-22(2)27-21-30(39)23(3)31(43-5)17-7-6-12-25-13-10-14-26(20-25)29-16-8-9-18-37(29)34(42)28-15-11-19-38(36-28)33(41)24(4)35-32(27)40/h3*6,10,12-14,20,22-24,27-29,31,36H,7-9,11,15-19,21H2,1-5H3,(H,35,40)/b3*12-6+/t23-,24-,27-,28-,29?,31+;23-,24-,27-,28-,29+,31+;23-,24-,27-,28-,29-,31+/m000/s1. The lowest BCUT2D eigenvalue weighted by Gasteiger charge is -2.41. The van der Waals surface area contributed by atoms with E-state index in [1.807, 2.05) is 95.2 Å². The molecule has 0 spiro atoms. The zero-order valence-electron chi connectivity index (χ0n) is 79.5. The second-order valence-electron chi connectivity index (χ2n) is 38.5. The van der Waals surface area contributed by atoms with E-state index in [2.05, 4.69) is 123 Å². The van der Waals surface area contributed by atoms with E-state index in [0.717, 1.165) is 110 Å². The van der Waals surface area contributed by atoms with Crippen molar-refractivity contribution in [3.63, 3.8) is 0 Å². The number of methoxy groups -OCH3 is 3. The van der Waals surface area contributed by atoms with Gasteiger partial charge in [-0.15, -0.1) is 0 Å². The summed E-state index contributed by atoms with van der Waals surface area (Å²) in [4.78, 5) is 168. The Morgan fingerprint density at radius 2 is 0.581 bits per heavy atom. The number of amides is 9. The van der Waals surface area contributed by atoms with Gasteiger partial charge < -0.3 is 44.9 Å².